The lowest BCUT2D eigenvalue weighted by molar-refractivity contribution is 0.313. The van der Waals surface area contributed by atoms with Crippen molar-refractivity contribution >= 4 is 17.2 Å². The van der Waals surface area contributed by atoms with Crippen molar-refractivity contribution in [2.45, 2.75) is 32.4 Å². The zero-order chi connectivity index (χ0) is 11.3. The van der Waals surface area contributed by atoms with Crippen LogP contribution in [0.5, 0.6) is 0 Å². The van der Waals surface area contributed by atoms with Crippen LogP contribution in [0.25, 0.3) is 0 Å². The van der Waals surface area contributed by atoms with Gasteiger partial charge in [-0.1, -0.05) is 12.1 Å². The van der Waals surface area contributed by atoms with Gasteiger partial charge in [-0.3, -0.25) is 0 Å². The molecule has 2 unspecified atom stereocenters. The summed E-state index contributed by atoms with van der Waals surface area (Å²) in [6.45, 7) is 4.06. The molecule has 1 heterocycles. The van der Waals surface area contributed by atoms with E-state index in [1.807, 2.05) is 12.3 Å². The summed E-state index contributed by atoms with van der Waals surface area (Å²) in [6.07, 6.45) is 0.796. The molecule has 2 atom stereocenters. The van der Waals surface area contributed by atoms with Gasteiger partial charge in [0.15, 0.2) is 5.84 Å². The minimum absolute atomic E-state index is 0.0788. The summed E-state index contributed by atoms with van der Waals surface area (Å²) in [5.74, 6) is 0.236. The van der Waals surface area contributed by atoms with Gasteiger partial charge in [-0.2, -0.15) is 11.3 Å². The summed E-state index contributed by atoms with van der Waals surface area (Å²) >= 11 is 1.67. The van der Waals surface area contributed by atoms with Crippen molar-refractivity contribution < 1.29 is 5.21 Å². The van der Waals surface area contributed by atoms with Gasteiger partial charge in [0.05, 0.1) is 6.04 Å². The molecule has 0 aromatic carbocycles. The van der Waals surface area contributed by atoms with Crippen molar-refractivity contribution in [1.29, 1.82) is 0 Å². The van der Waals surface area contributed by atoms with Crippen LogP contribution < -0.4 is 11.1 Å². The lowest BCUT2D eigenvalue weighted by Crippen LogP contribution is -2.42. The molecule has 0 bridgehead atoms. The second-order valence-corrected chi connectivity index (χ2v) is 4.21. The molecule has 15 heavy (non-hydrogen) atoms. The highest BCUT2D eigenvalue weighted by atomic mass is 32.1. The van der Waals surface area contributed by atoms with Gasteiger partial charge >= 0.3 is 0 Å². The molecular weight excluding hydrogens is 210 g/mol. The van der Waals surface area contributed by atoms with Gasteiger partial charge in [-0.05, 0) is 35.7 Å². The van der Waals surface area contributed by atoms with Crippen molar-refractivity contribution in [2.75, 3.05) is 0 Å². The van der Waals surface area contributed by atoms with Crippen LogP contribution in [0.1, 0.15) is 31.9 Å². The zero-order valence-electron chi connectivity index (χ0n) is 8.97. The van der Waals surface area contributed by atoms with Crippen molar-refractivity contribution in [1.82, 2.24) is 5.32 Å². The molecule has 0 spiro atoms. The Hall–Kier alpha value is -1.07. The molecule has 84 valence electrons. The van der Waals surface area contributed by atoms with Crippen LogP contribution in [0, 0.1) is 0 Å². The molecule has 5 heteroatoms. The second kappa shape index (κ2) is 5.72. The van der Waals surface area contributed by atoms with Crippen molar-refractivity contribution in [3.63, 3.8) is 0 Å². The van der Waals surface area contributed by atoms with E-state index in [1.165, 1.54) is 5.56 Å². The maximum atomic E-state index is 8.60. The maximum absolute atomic E-state index is 8.60. The summed E-state index contributed by atoms with van der Waals surface area (Å²) in [4.78, 5) is 0. The van der Waals surface area contributed by atoms with Gasteiger partial charge in [0, 0.05) is 6.04 Å². The van der Waals surface area contributed by atoms with E-state index < -0.39 is 0 Å². The van der Waals surface area contributed by atoms with E-state index in [4.69, 9.17) is 10.9 Å². The van der Waals surface area contributed by atoms with E-state index in [1.54, 1.807) is 11.3 Å². The molecule has 0 saturated heterocycles. The Kier molecular flexibility index (Phi) is 4.58. The van der Waals surface area contributed by atoms with E-state index >= 15 is 0 Å². The molecule has 1 aromatic rings. The molecule has 0 amide bonds. The number of hydrogen-bond donors (Lipinski definition) is 3. The Morgan fingerprint density at radius 2 is 2.47 bits per heavy atom. The number of amidine groups is 1. The highest BCUT2D eigenvalue weighted by Gasteiger charge is 2.15. The van der Waals surface area contributed by atoms with Crippen LogP contribution in [-0.2, 0) is 0 Å². The van der Waals surface area contributed by atoms with Crippen molar-refractivity contribution in [3.05, 3.63) is 22.4 Å². The van der Waals surface area contributed by atoms with Gasteiger partial charge in [-0.25, -0.2) is 0 Å². The number of nitrogens with two attached hydrogens (primary N) is 1. The number of nitrogens with one attached hydrogen (secondary N) is 1. The Morgan fingerprint density at radius 3 is 2.93 bits per heavy atom. The molecular formula is C10H17N3OS. The maximum Gasteiger partial charge on any atom is 0.156 e. The van der Waals surface area contributed by atoms with Gasteiger partial charge in [0.1, 0.15) is 0 Å². The molecule has 1 rings (SSSR count). The Bertz CT molecular complexity index is 310. The minimum Gasteiger partial charge on any atom is -0.409 e. The van der Waals surface area contributed by atoms with E-state index in [9.17, 15) is 0 Å². The highest BCUT2D eigenvalue weighted by Crippen LogP contribution is 2.16. The normalized spacial score (nSPS) is 16.3. The summed E-state index contributed by atoms with van der Waals surface area (Å²) in [5, 5.41) is 19.1. The smallest absolute Gasteiger partial charge is 0.156 e. The SMILES string of the molecule is CCC(NC(C)c1ccsc1)C(N)=NO. The summed E-state index contributed by atoms with van der Waals surface area (Å²) < 4.78 is 0. The van der Waals surface area contributed by atoms with Crippen LogP contribution in [0.4, 0.5) is 0 Å². The van der Waals surface area contributed by atoms with Gasteiger partial charge < -0.3 is 16.3 Å². The quantitative estimate of drug-likeness (QED) is 0.311. The van der Waals surface area contributed by atoms with Crippen LogP contribution in [-0.4, -0.2) is 17.1 Å². The van der Waals surface area contributed by atoms with Crippen LogP contribution >= 0.6 is 11.3 Å². The fraction of sp³-hybridized carbons (Fsp3) is 0.500. The fourth-order valence-corrected chi connectivity index (χ4v) is 2.16. The first-order valence-electron chi connectivity index (χ1n) is 4.94. The largest absolute Gasteiger partial charge is 0.409 e. The van der Waals surface area contributed by atoms with E-state index in [0.717, 1.165) is 6.42 Å². The number of oxime groups is 1. The average Bonchev–Trinajstić information content (AvgIpc) is 2.77. The standard InChI is InChI=1S/C10H17N3OS/c1-3-9(10(11)13-14)12-7(2)8-4-5-15-6-8/h4-7,9,12,14H,3H2,1-2H3,(H2,11,13). The van der Waals surface area contributed by atoms with Gasteiger partial charge in [-0.15, -0.1) is 0 Å². The molecule has 0 saturated carbocycles. The third-order valence-electron chi connectivity index (χ3n) is 2.38. The highest BCUT2D eigenvalue weighted by molar-refractivity contribution is 7.07. The first kappa shape index (κ1) is 12.0. The molecule has 0 fully saturated rings. The van der Waals surface area contributed by atoms with Crippen molar-refractivity contribution in [2.24, 2.45) is 10.9 Å². The Balaban J connectivity index is 2.60. The first-order chi connectivity index (χ1) is 7.19. The zero-order valence-corrected chi connectivity index (χ0v) is 9.79. The first-order valence-corrected chi connectivity index (χ1v) is 5.88. The topological polar surface area (TPSA) is 70.6 Å². The number of hydrogen-bond acceptors (Lipinski definition) is 4. The van der Waals surface area contributed by atoms with E-state index in [-0.39, 0.29) is 17.9 Å². The molecule has 0 aliphatic carbocycles. The summed E-state index contributed by atoms with van der Waals surface area (Å²) in [5.41, 5.74) is 6.80. The molecule has 0 radical (unpaired) electrons. The van der Waals surface area contributed by atoms with Gasteiger partial charge in [0.25, 0.3) is 0 Å². The van der Waals surface area contributed by atoms with Gasteiger partial charge in [0.2, 0.25) is 0 Å². The minimum atomic E-state index is -0.0788. The average molecular weight is 227 g/mol. The second-order valence-electron chi connectivity index (χ2n) is 3.43. The van der Waals surface area contributed by atoms with Crippen LogP contribution in [0.15, 0.2) is 22.0 Å². The fourth-order valence-electron chi connectivity index (χ4n) is 1.40. The summed E-state index contributed by atoms with van der Waals surface area (Å²) in [6, 6.07) is 2.20. The monoisotopic (exact) mass is 227 g/mol. The molecule has 4 N–H and O–H groups in total. The summed E-state index contributed by atoms with van der Waals surface area (Å²) in [7, 11) is 0. The third-order valence-corrected chi connectivity index (χ3v) is 3.08. The lowest BCUT2D eigenvalue weighted by atomic mass is 10.1. The predicted octanol–water partition coefficient (Wildman–Crippen LogP) is 1.92. The number of nitrogens with zero attached hydrogens (tertiary/aromatic N) is 1. The Morgan fingerprint density at radius 1 is 1.73 bits per heavy atom. The molecule has 4 nitrogen and oxygen atoms in total. The van der Waals surface area contributed by atoms with Crippen molar-refractivity contribution in [3.8, 4) is 0 Å². The predicted molar refractivity (Wildman–Crippen MR) is 63.4 cm³/mol. The molecule has 1 aromatic heterocycles. The van der Waals surface area contributed by atoms with E-state index in [2.05, 4.69) is 28.8 Å². The van der Waals surface area contributed by atoms with Crippen LogP contribution in [0.2, 0.25) is 0 Å². The Labute approximate surface area is 93.8 Å². The molecule has 0 aliphatic rings. The van der Waals surface area contributed by atoms with Crippen LogP contribution in [0.3, 0.4) is 0 Å². The molecule has 0 aliphatic heterocycles. The number of thiophene rings is 1. The third kappa shape index (κ3) is 3.21. The van der Waals surface area contributed by atoms with E-state index in [0.29, 0.717) is 0 Å². The lowest BCUT2D eigenvalue weighted by Gasteiger charge is -2.20. The number of rotatable bonds is 5.